The molecule has 1 saturated heterocycles. The number of nitrogens with one attached hydrogen (secondary N) is 1. The van der Waals surface area contributed by atoms with Crippen molar-refractivity contribution in [1.82, 2.24) is 10.2 Å². The lowest BCUT2D eigenvalue weighted by atomic mass is 9.97. The topological polar surface area (TPSA) is 66.5 Å². The van der Waals surface area contributed by atoms with Crippen LogP contribution in [0, 0.1) is 5.92 Å². The molecule has 1 aliphatic heterocycles. The first kappa shape index (κ1) is 11.4. The van der Waals surface area contributed by atoms with Crippen molar-refractivity contribution >= 4 is 17.8 Å². The van der Waals surface area contributed by atoms with Crippen molar-refractivity contribution in [3.05, 3.63) is 12.2 Å². The molecule has 1 rings (SSSR count). The molecule has 1 N–H and O–H groups in total. The summed E-state index contributed by atoms with van der Waals surface area (Å²) < 4.78 is 0. The number of barbiturate groups is 1. The van der Waals surface area contributed by atoms with E-state index < -0.39 is 23.8 Å². The van der Waals surface area contributed by atoms with Gasteiger partial charge in [0.05, 0.1) is 0 Å². The van der Waals surface area contributed by atoms with Crippen LogP contribution in [0.4, 0.5) is 4.79 Å². The van der Waals surface area contributed by atoms with Crippen molar-refractivity contribution in [2.75, 3.05) is 6.54 Å². The lowest BCUT2D eigenvalue weighted by Gasteiger charge is -2.29. The maximum atomic E-state index is 11.8. The lowest BCUT2D eigenvalue weighted by molar-refractivity contribution is -0.140. The molecule has 1 atom stereocenters. The van der Waals surface area contributed by atoms with E-state index in [-0.39, 0.29) is 0 Å². The monoisotopic (exact) mass is 210 g/mol. The van der Waals surface area contributed by atoms with Crippen LogP contribution in [0.3, 0.4) is 0 Å². The second-order valence-corrected chi connectivity index (χ2v) is 3.56. The fourth-order valence-electron chi connectivity index (χ4n) is 1.48. The van der Waals surface area contributed by atoms with E-state index in [4.69, 9.17) is 0 Å². The number of carbonyl (C=O) groups excluding carboxylic acids is 3. The van der Waals surface area contributed by atoms with Crippen LogP contribution in [0.15, 0.2) is 12.2 Å². The first-order valence-electron chi connectivity index (χ1n) is 4.80. The molecule has 0 bridgehead atoms. The van der Waals surface area contributed by atoms with E-state index in [2.05, 4.69) is 11.9 Å². The number of carbonyl (C=O) groups is 3. The molecule has 0 aromatic rings. The molecule has 0 saturated carbocycles. The lowest BCUT2D eigenvalue weighted by Crippen LogP contribution is -2.58. The fourth-order valence-corrected chi connectivity index (χ4v) is 1.48. The molecule has 5 heteroatoms. The van der Waals surface area contributed by atoms with Crippen molar-refractivity contribution in [2.24, 2.45) is 5.92 Å². The minimum absolute atomic E-state index is 0.321. The van der Waals surface area contributed by atoms with Crippen LogP contribution in [0.5, 0.6) is 0 Å². The van der Waals surface area contributed by atoms with Gasteiger partial charge >= 0.3 is 6.03 Å². The van der Waals surface area contributed by atoms with Crippen molar-refractivity contribution in [3.63, 3.8) is 0 Å². The van der Waals surface area contributed by atoms with Crippen LogP contribution in [0.1, 0.15) is 20.3 Å². The molecule has 0 aromatic heterocycles. The summed E-state index contributed by atoms with van der Waals surface area (Å²) in [4.78, 5) is 35.5. The first-order chi connectivity index (χ1) is 6.99. The Morgan fingerprint density at radius 3 is 2.53 bits per heavy atom. The molecule has 1 heterocycles. The summed E-state index contributed by atoms with van der Waals surface area (Å²) in [6, 6.07) is -0.635. The van der Waals surface area contributed by atoms with E-state index >= 15 is 0 Å². The Morgan fingerprint density at radius 2 is 2.07 bits per heavy atom. The van der Waals surface area contributed by atoms with Crippen LogP contribution < -0.4 is 5.32 Å². The SMILES string of the molecule is C=C(C)C1C(=O)NC(=O)N(CCC)C1=O. The van der Waals surface area contributed by atoms with Gasteiger partial charge < -0.3 is 0 Å². The Labute approximate surface area is 88.1 Å². The zero-order valence-corrected chi connectivity index (χ0v) is 8.87. The number of amides is 4. The Morgan fingerprint density at radius 1 is 1.47 bits per heavy atom. The molecule has 1 aliphatic rings. The number of hydrogen-bond donors (Lipinski definition) is 1. The van der Waals surface area contributed by atoms with Crippen molar-refractivity contribution in [2.45, 2.75) is 20.3 Å². The predicted molar refractivity (Wildman–Crippen MR) is 53.8 cm³/mol. The van der Waals surface area contributed by atoms with Gasteiger partial charge in [0.25, 0.3) is 0 Å². The summed E-state index contributed by atoms with van der Waals surface area (Å²) in [5.74, 6) is -1.97. The fraction of sp³-hybridized carbons (Fsp3) is 0.500. The van der Waals surface area contributed by atoms with Crippen LogP contribution in [-0.2, 0) is 9.59 Å². The van der Waals surface area contributed by atoms with Crippen LogP contribution in [0.25, 0.3) is 0 Å². The first-order valence-corrected chi connectivity index (χ1v) is 4.80. The van der Waals surface area contributed by atoms with Gasteiger partial charge in [-0.1, -0.05) is 19.1 Å². The third-order valence-electron chi connectivity index (χ3n) is 2.19. The van der Waals surface area contributed by atoms with Gasteiger partial charge in [0.15, 0.2) is 0 Å². The van der Waals surface area contributed by atoms with Gasteiger partial charge in [-0.15, -0.1) is 0 Å². The standard InChI is InChI=1S/C10H14N2O3/c1-4-5-12-9(14)7(6(2)3)8(13)11-10(12)15/h7H,2,4-5H2,1,3H3,(H,11,13,15). The molecule has 4 amide bonds. The molecular weight excluding hydrogens is 196 g/mol. The molecule has 0 aliphatic carbocycles. The molecule has 1 fully saturated rings. The molecule has 15 heavy (non-hydrogen) atoms. The van der Waals surface area contributed by atoms with E-state index in [1.807, 2.05) is 6.92 Å². The quantitative estimate of drug-likeness (QED) is 0.550. The Bertz CT molecular complexity index is 336. The third kappa shape index (κ3) is 2.06. The normalized spacial score (nSPS) is 21.6. The van der Waals surface area contributed by atoms with Crippen molar-refractivity contribution in [1.29, 1.82) is 0 Å². The summed E-state index contributed by atoms with van der Waals surface area (Å²) in [6.45, 7) is 7.35. The summed E-state index contributed by atoms with van der Waals surface area (Å²) in [5, 5.41) is 2.14. The van der Waals surface area contributed by atoms with Gasteiger partial charge in [0.2, 0.25) is 11.8 Å². The maximum Gasteiger partial charge on any atom is 0.330 e. The number of urea groups is 1. The number of imide groups is 2. The van der Waals surface area contributed by atoms with E-state index in [0.29, 0.717) is 18.5 Å². The molecule has 1 unspecified atom stereocenters. The van der Waals surface area contributed by atoms with Crippen molar-refractivity contribution in [3.8, 4) is 0 Å². The number of rotatable bonds is 3. The number of hydrogen-bond acceptors (Lipinski definition) is 3. The smallest absolute Gasteiger partial charge is 0.277 e. The van der Waals surface area contributed by atoms with Crippen molar-refractivity contribution < 1.29 is 14.4 Å². The highest BCUT2D eigenvalue weighted by atomic mass is 16.2. The van der Waals surface area contributed by atoms with E-state index in [0.717, 1.165) is 4.90 Å². The van der Waals surface area contributed by atoms with Gasteiger partial charge in [0, 0.05) is 6.54 Å². The molecule has 0 radical (unpaired) electrons. The van der Waals surface area contributed by atoms with Gasteiger partial charge in [-0.05, 0) is 13.3 Å². The van der Waals surface area contributed by atoms with Gasteiger partial charge in [-0.25, -0.2) is 4.79 Å². The van der Waals surface area contributed by atoms with Crippen LogP contribution in [0.2, 0.25) is 0 Å². The predicted octanol–water partition coefficient (Wildman–Crippen LogP) is 0.667. The molecule has 82 valence electrons. The summed E-state index contributed by atoms with van der Waals surface area (Å²) in [6.07, 6.45) is 0.663. The highest BCUT2D eigenvalue weighted by Crippen LogP contribution is 2.17. The Hall–Kier alpha value is -1.65. The van der Waals surface area contributed by atoms with Gasteiger partial charge in [-0.2, -0.15) is 0 Å². The molecule has 0 aromatic carbocycles. The van der Waals surface area contributed by atoms with E-state index in [9.17, 15) is 14.4 Å². The highest BCUT2D eigenvalue weighted by Gasteiger charge is 2.40. The van der Waals surface area contributed by atoms with E-state index in [1.54, 1.807) is 6.92 Å². The Kier molecular flexibility index (Phi) is 3.24. The second-order valence-electron chi connectivity index (χ2n) is 3.56. The summed E-state index contributed by atoms with van der Waals surface area (Å²) >= 11 is 0. The minimum Gasteiger partial charge on any atom is -0.277 e. The third-order valence-corrected chi connectivity index (χ3v) is 2.19. The number of nitrogens with zero attached hydrogens (tertiary/aromatic N) is 1. The van der Waals surface area contributed by atoms with Gasteiger partial charge in [-0.3, -0.25) is 19.8 Å². The molecular formula is C10H14N2O3. The zero-order chi connectivity index (χ0) is 11.6. The summed E-state index contributed by atoms with van der Waals surface area (Å²) in [5.41, 5.74) is 0.450. The molecule has 5 nitrogen and oxygen atoms in total. The second kappa shape index (κ2) is 4.25. The Balaban J connectivity index is 2.94. The van der Waals surface area contributed by atoms with Crippen LogP contribution in [-0.4, -0.2) is 29.3 Å². The van der Waals surface area contributed by atoms with E-state index in [1.165, 1.54) is 0 Å². The highest BCUT2D eigenvalue weighted by molar-refractivity contribution is 6.17. The zero-order valence-electron chi connectivity index (χ0n) is 8.87. The largest absolute Gasteiger partial charge is 0.330 e. The average Bonchev–Trinajstić information content (AvgIpc) is 2.11. The average molecular weight is 210 g/mol. The summed E-state index contributed by atoms with van der Waals surface area (Å²) in [7, 11) is 0. The molecule has 0 spiro atoms. The van der Waals surface area contributed by atoms with Gasteiger partial charge in [0.1, 0.15) is 5.92 Å². The van der Waals surface area contributed by atoms with Crippen LogP contribution >= 0.6 is 0 Å². The minimum atomic E-state index is -0.922. The maximum absolute atomic E-state index is 11.8.